The van der Waals surface area contributed by atoms with Gasteiger partial charge in [-0.05, 0) is 35.7 Å². The Kier molecular flexibility index (Phi) is 4.50. The lowest BCUT2D eigenvalue weighted by Crippen LogP contribution is -2.22. The highest BCUT2D eigenvalue weighted by Gasteiger charge is 2.02. The second kappa shape index (κ2) is 6.54. The Hall–Kier alpha value is -2.36. The average molecular weight is 256 g/mol. The van der Waals surface area contributed by atoms with E-state index in [1.165, 1.54) is 0 Å². The number of phenolic OH excluding ortho intramolecular Hbond substituents is 1. The summed E-state index contributed by atoms with van der Waals surface area (Å²) in [7, 11) is 0. The zero-order chi connectivity index (χ0) is 13.5. The van der Waals surface area contributed by atoms with Crippen molar-refractivity contribution in [2.45, 2.75) is 19.4 Å². The normalized spacial score (nSPS) is 10.1. The molecule has 1 aromatic carbocycles. The largest absolute Gasteiger partial charge is 0.508 e. The van der Waals surface area contributed by atoms with Crippen molar-refractivity contribution in [2.75, 3.05) is 0 Å². The molecule has 0 atom stereocenters. The maximum absolute atomic E-state index is 11.7. The molecule has 4 heteroatoms. The van der Waals surface area contributed by atoms with Gasteiger partial charge in [-0.25, -0.2) is 0 Å². The fourth-order valence-electron chi connectivity index (χ4n) is 1.71. The van der Waals surface area contributed by atoms with Crippen molar-refractivity contribution in [3.8, 4) is 5.75 Å². The van der Waals surface area contributed by atoms with Gasteiger partial charge in [0.2, 0.25) is 5.91 Å². The van der Waals surface area contributed by atoms with E-state index in [9.17, 15) is 4.79 Å². The van der Waals surface area contributed by atoms with E-state index in [-0.39, 0.29) is 11.7 Å². The van der Waals surface area contributed by atoms with Gasteiger partial charge in [-0.1, -0.05) is 18.2 Å². The monoisotopic (exact) mass is 256 g/mol. The molecule has 0 aliphatic carbocycles. The summed E-state index contributed by atoms with van der Waals surface area (Å²) < 4.78 is 0. The highest BCUT2D eigenvalue weighted by atomic mass is 16.3. The third-order valence-corrected chi connectivity index (χ3v) is 2.79. The van der Waals surface area contributed by atoms with Crippen molar-refractivity contribution in [3.05, 3.63) is 59.9 Å². The number of amides is 1. The van der Waals surface area contributed by atoms with Crippen LogP contribution in [0.2, 0.25) is 0 Å². The van der Waals surface area contributed by atoms with Crippen LogP contribution in [-0.2, 0) is 17.8 Å². The molecule has 0 aliphatic heterocycles. The van der Waals surface area contributed by atoms with Crippen LogP contribution >= 0.6 is 0 Å². The molecule has 0 bridgehead atoms. The molecular weight excluding hydrogens is 240 g/mol. The summed E-state index contributed by atoms with van der Waals surface area (Å²) in [6.07, 6.45) is 4.63. The van der Waals surface area contributed by atoms with E-state index in [2.05, 4.69) is 10.3 Å². The number of carbonyl (C=O) groups excluding carboxylic acids is 1. The fourth-order valence-corrected chi connectivity index (χ4v) is 1.71. The van der Waals surface area contributed by atoms with Gasteiger partial charge in [-0.15, -0.1) is 0 Å². The van der Waals surface area contributed by atoms with Crippen molar-refractivity contribution >= 4 is 5.91 Å². The summed E-state index contributed by atoms with van der Waals surface area (Å²) in [5.74, 6) is 0.239. The predicted molar refractivity (Wildman–Crippen MR) is 72.5 cm³/mol. The Labute approximate surface area is 112 Å². The van der Waals surface area contributed by atoms with Crippen LogP contribution in [0.5, 0.6) is 5.75 Å². The van der Waals surface area contributed by atoms with Gasteiger partial charge in [0, 0.05) is 25.4 Å². The number of aromatic hydroxyl groups is 1. The lowest BCUT2D eigenvalue weighted by Gasteiger charge is -2.05. The number of phenols is 1. The average Bonchev–Trinajstić information content (AvgIpc) is 2.45. The highest BCUT2D eigenvalue weighted by molar-refractivity contribution is 5.76. The Bertz CT molecular complexity index is 524. The lowest BCUT2D eigenvalue weighted by atomic mass is 10.1. The summed E-state index contributed by atoms with van der Waals surface area (Å²) in [4.78, 5) is 15.7. The molecular formula is C15H16N2O2. The first kappa shape index (κ1) is 13.1. The first-order valence-corrected chi connectivity index (χ1v) is 6.17. The number of pyridine rings is 1. The van der Waals surface area contributed by atoms with Crippen LogP contribution < -0.4 is 5.32 Å². The Balaban J connectivity index is 1.74. The van der Waals surface area contributed by atoms with Gasteiger partial charge in [0.1, 0.15) is 5.75 Å². The van der Waals surface area contributed by atoms with Crippen molar-refractivity contribution in [1.29, 1.82) is 0 Å². The van der Waals surface area contributed by atoms with Crippen LogP contribution in [0, 0.1) is 0 Å². The SMILES string of the molecule is O=C(CCc1cccnc1)NCc1ccc(O)cc1. The van der Waals surface area contributed by atoms with Gasteiger partial charge in [0.05, 0.1) is 0 Å². The molecule has 98 valence electrons. The molecule has 0 saturated heterocycles. The van der Waals surface area contributed by atoms with Crippen LogP contribution in [0.15, 0.2) is 48.8 Å². The van der Waals surface area contributed by atoms with E-state index in [1.54, 1.807) is 36.7 Å². The number of aromatic nitrogens is 1. The van der Waals surface area contributed by atoms with Gasteiger partial charge in [-0.3, -0.25) is 9.78 Å². The van der Waals surface area contributed by atoms with E-state index in [0.29, 0.717) is 19.4 Å². The molecule has 4 nitrogen and oxygen atoms in total. The van der Waals surface area contributed by atoms with E-state index >= 15 is 0 Å². The Morgan fingerprint density at radius 1 is 1.16 bits per heavy atom. The molecule has 0 unspecified atom stereocenters. The smallest absolute Gasteiger partial charge is 0.220 e. The standard InChI is InChI=1S/C15H16N2O2/c18-14-6-3-13(4-7-14)11-17-15(19)8-5-12-2-1-9-16-10-12/h1-4,6-7,9-10,18H,5,8,11H2,(H,17,19). The zero-order valence-corrected chi connectivity index (χ0v) is 10.5. The van der Waals surface area contributed by atoms with Crippen molar-refractivity contribution in [2.24, 2.45) is 0 Å². The van der Waals surface area contributed by atoms with E-state index < -0.39 is 0 Å². The van der Waals surface area contributed by atoms with Crippen LogP contribution in [0.1, 0.15) is 17.5 Å². The first-order valence-electron chi connectivity index (χ1n) is 6.17. The number of benzene rings is 1. The van der Waals surface area contributed by atoms with Gasteiger partial charge in [0.25, 0.3) is 0 Å². The first-order chi connectivity index (χ1) is 9.24. The third-order valence-electron chi connectivity index (χ3n) is 2.79. The molecule has 2 aromatic rings. The van der Waals surface area contributed by atoms with Crippen molar-refractivity contribution in [1.82, 2.24) is 10.3 Å². The minimum atomic E-state index is 0.0110. The molecule has 0 spiro atoms. The Morgan fingerprint density at radius 3 is 2.63 bits per heavy atom. The number of carbonyl (C=O) groups is 1. The minimum absolute atomic E-state index is 0.0110. The maximum atomic E-state index is 11.7. The number of nitrogens with zero attached hydrogens (tertiary/aromatic N) is 1. The summed E-state index contributed by atoms with van der Waals surface area (Å²) >= 11 is 0. The zero-order valence-electron chi connectivity index (χ0n) is 10.5. The topological polar surface area (TPSA) is 62.2 Å². The van der Waals surface area contributed by atoms with Crippen LogP contribution in [0.25, 0.3) is 0 Å². The van der Waals surface area contributed by atoms with E-state index in [0.717, 1.165) is 11.1 Å². The number of nitrogens with one attached hydrogen (secondary N) is 1. The van der Waals surface area contributed by atoms with Crippen LogP contribution in [0.3, 0.4) is 0 Å². The molecule has 0 aliphatic rings. The third kappa shape index (κ3) is 4.43. The summed E-state index contributed by atoms with van der Waals surface area (Å²) in [5.41, 5.74) is 2.02. The van der Waals surface area contributed by atoms with Crippen LogP contribution in [-0.4, -0.2) is 16.0 Å². The van der Waals surface area contributed by atoms with Gasteiger partial charge in [-0.2, -0.15) is 0 Å². The molecule has 0 radical (unpaired) electrons. The quantitative estimate of drug-likeness (QED) is 0.860. The molecule has 1 aromatic heterocycles. The van der Waals surface area contributed by atoms with E-state index in [4.69, 9.17) is 5.11 Å². The van der Waals surface area contributed by atoms with Gasteiger partial charge < -0.3 is 10.4 Å². The van der Waals surface area contributed by atoms with Gasteiger partial charge >= 0.3 is 0 Å². The summed E-state index contributed by atoms with van der Waals surface area (Å²) in [6.45, 7) is 0.478. The molecule has 2 N–H and O–H groups in total. The second-order valence-corrected chi connectivity index (χ2v) is 4.30. The Morgan fingerprint density at radius 2 is 1.95 bits per heavy atom. The number of rotatable bonds is 5. The summed E-state index contributed by atoms with van der Waals surface area (Å²) in [5, 5.41) is 12.0. The molecule has 19 heavy (non-hydrogen) atoms. The fraction of sp³-hybridized carbons (Fsp3) is 0.200. The highest BCUT2D eigenvalue weighted by Crippen LogP contribution is 2.09. The van der Waals surface area contributed by atoms with Crippen LogP contribution in [0.4, 0.5) is 0 Å². The molecule has 2 rings (SSSR count). The number of hydrogen-bond donors (Lipinski definition) is 2. The van der Waals surface area contributed by atoms with Gasteiger partial charge in [0.15, 0.2) is 0 Å². The second-order valence-electron chi connectivity index (χ2n) is 4.30. The number of hydrogen-bond acceptors (Lipinski definition) is 3. The molecule has 0 fully saturated rings. The molecule has 1 amide bonds. The lowest BCUT2D eigenvalue weighted by molar-refractivity contribution is -0.121. The summed E-state index contributed by atoms with van der Waals surface area (Å²) in [6, 6.07) is 10.6. The van der Waals surface area contributed by atoms with Crippen molar-refractivity contribution in [3.63, 3.8) is 0 Å². The molecule has 0 saturated carbocycles. The van der Waals surface area contributed by atoms with E-state index in [1.807, 2.05) is 12.1 Å². The maximum Gasteiger partial charge on any atom is 0.220 e. The molecule has 1 heterocycles. The van der Waals surface area contributed by atoms with Crippen molar-refractivity contribution < 1.29 is 9.90 Å². The minimum Gasteiger partial charge on any atom is -0.508 e. The number of aryl methyl sites for hydroxylation is 1. The predicted octanol–water partition coefficient (Wildman–Crippen LogP) is 2.04.